The fourth-order valence-electron chi connectivity index (χ4n) is 1.57. The topological polar surface area (TPSA) is 49.0 Å². The second kappa shape index (κ2) is 4.65. The molecule has 0 N–H and O–H groups in total. The van der Waals surface area contributed by atoms with Gasteiger partial charge in [-0.05, 0) is 18.1 Å². The molecule has 1 aromatic heterocycles. The van der Waals surface area contributed by atoms with Gasteiger partial charge in [-0.2, -0.15) is 10.3 Å². The average molecular weight is 238 g/mol. The number of rotatable bonds is 1. The summed E-state index contributed by atoms with van der Waals surface area (Å²) in [6.45, 7) is 0. The van der Waals surface area contributed by atoms with Crippen molar-refractivity contribution in [1.29, 1.82) is 5.26 Å². The van der Waals surface area contributed by atoms with E-state index in [0.717, 1.165) is 22.8 Å². The third-order valence-electron chi connectivity index (χ3n) is 2.27. The lowest BCUT2D eigenvalue weighted by Crippen LogP contribution is -2.03. The summed E-state index contributed by atoms with van der Waals surface area (Å²) in [4.78, 5) is 7.86. The zero-order valence-electron chi connectivity index (χ0n) is 7.85. The maximum atomic E-state index is 8.55. The molecule has 0 amide bonds. The van der Waals surface area contributed by atoms with Gasteiger partial charge in [0, 0.05) is 17.9 Å². The van der Waals surface area contributed by atoms with Crippen molar-refractivity contribution < 1.29 is 0 Å². The van der Waals surface area contributed by atoms with Gasteiger partial charge in [0.15, 0.2) is 0 Å². The Labute approximate surface area is 97.2 Å². The second-order valence-electron chi connectivity index (χ2n) is 3.15. The van der Waals surface area contributed by atoms with Gasteiger partial charge in [-0.1, -0.05) is 17.7 Å². The predicted molar refractivity (Wildman–Crippen MR) is 62.1 cm³/mol. The molecule has 0 spiro atoms. The van der Waals surface area contributed by atoms with E-state index in [0.29, 0.717) is 5.15 Å². The Morgan fingerprint density at radius 3 is 3.13 bits per heavy atom. The van der Waals surface area contributed by atoms with Gasteiger partial charge in [-0.3, -0.25) is 0 Å². The van der Waals surface area contributed by atoms with Gasteiger partial charge in [0.1, 0.15) is 5.15 Å². The van der Waals surface area contributed by atoms with Gasteiger partial charge in [-0.15, -0.1) is 11.8 Å². The van der Waals surface area contributed by atoms with E-state index in [1.807, 2.05) is 12.3 Å². The maximum Gasteiger partial charge on any atom is 0.206 e. The quantitative estimate of drug-likeness (QED) is 0.558. The Morgan fingerprint density at radius 2 is 2.47 bits per heavy atom. The molecule has 0 aliphatic carbocycles. The number of aromatic nitrogens is 1. The van der Waals surface area contributed by atoms with Gasteiger partial charge < -0.3 is 0 Å². The number of hydrogen-bond donors (Lipinski definition) is 0. The fraction of sp³-hybridized carbons (Fsp3) is 0.300. The predicted octanol–water partition coefficient (Wildman–Crippen LogP) is 2.84. The number of nitrogens with zero attached hydrogens (tertiary/aromatic N) is 3. The van der Waals surface area contributed by atoms with Crippen LogP contribution in [0.1, 0.15) is 17.9 Å². The van der Waals surface area contributed by atoms with E-state index in [1.165, 1.54) is 0 Å². The summed E-state index contributed by atoms with van der Waals surface area (Å²) in [7, 11) is 0. The molecule has 1 aliphatic rings. The smallest absolute Gasteiger partial charge is 0.206 e. The first-order valence-electron chi connectivity index (χ1n) is 4.52. The van der Waals surface area contributed by atoms with Crippen molar-refractivity contribution in [2.45, 2.75) is 12.3 Å². The molecule has 0 aromatic carbocycles. The summed E-state index contributed by atoms with van der Waals surface area (Å²) in [6.07, 6.45) is 4.61. The lowest BCUT2D eigenvalue weighted by Gasteiger charge is -2.08. The van der Waals surface area contributed by atoms with Gasteiger partial charge in [0.05, 0.1) is 5.04 Å². The van der Waals surface area contributed by atoms with Crippen molar-refractivity contribution in [2.75, 3.05) is 5.75 Å². The zero-order chi connectivity index (χ0) is 10.7. The van der Waals surface area contributed by atoms with E-state index in [2.05, 4.69) is 9.98 Å². The molecule has 0 bridgehead atoms. The highest BCUT2D eigenvalue weighted by molar-refractivity contribution is 8.14. The molecular weight excluding hydrogens is 230 g/mol. The van der Waals surface area contributed by atoms with Crippen molar-refractivity contribution in [2.24, 2.45) is 4.99 Å². The summed E-state index contributed by atoms with van der Waals surface area (Å²) in [5, 5.41) is 9.93. The summed E-state index contributed by atoms with van der Waals surface area (Å²) in [6, 6.07) is 3.71. The standard InChI is InChI=1S/C10H8ClN3S/c11-9-2-1-7(5-13-9)8-3-4-15-10(8)14-6-12/h1-2,5,8H,3-4H2. The second-order valence-corrected chi connectivity index (χ2v) is 4.66. The van der Waals surface area contributed by atoms with E-state index >= 15 is 0 Å². The number of pyridine rings is 1. The Balaban J connectivity index is 2.27. The maximum absolute atomic E-state index is 8.55. The molecule has 1 aromatic rings. The molecule has 0 saturated carbocycles. The van der Waals surface area contributed by atoms with E-state index in [9.17, 15) is 0 Å². The molecule has 5 heteroatoms. The SMILES string of the molecule is N#CN=C1SCCC1c1ccc(Cl)nc1. The lowest BCUT2D eigenvalue weighted by molar-refractivity contribution is 0.875. The molecule has 0 radical (unpaired) electrons. The van der Waals surface area contributed by atoms with Crippen molar-refractivity contribution in [3.05, 3.63) is 29.0 Å². The van der Waals surface area contributed by atoms with Crippen LogP contribution in [0.25, 0.3) is 0 Å². The van der Waals surface area contributed by atoms with E-state index in [4.69, 9.17) is 16.9 Å². The Bertz CT molecular complexity index is 421. The van der Waals surface area contributed by atoms with E-state index < -0.39 is 0 Å². The molecule has 1 unspecified atom stereocenters. The van der Waals surface area contributed by atoms with Crippen LogP contribution in [-0.2, 0) is 0 Å². The zero-order valence-corrected chi connectivity index (χ0v) is 9.42. The number of thioether (sulfide) groups is 1. The molecular formula is C10H8ClN3S. The van der Waals surface area contributed by atoms with Crippen LogP contribution in [0.15, 0.2) is 23.3 Å². The number of hydrogen-bond acceptors (Lipinski definition) is 4. The van der Waals surface area contributed by atoms with Crippen LogP contribution in [0.4, 0.5) is 0 Å². The molecule has 15 heavy (non-hydrogen) atoms. The summed E-state index contributed by atoms with van der Waals surface area (Å²) < 4.78 is 0. The lowest BCUT2D eigenvalue weighted by atomic mass is 10.00. The van der Waals surface area contributed by atoms with Gasteiger partial charge in [-0.25, -0.2) is 4.98 Å². The minimum Gasteiger partial charge on any atom is -0.244 e. The van der Waals surface area contributed by atoms with Crippen molar-refractivity contribution in [1.82, 2.24) is 4.98 Å². The summed E-state index contributed by atoms with van der Waals surface area (Å²) >= 11 is 7.36. The van der Waals surface area contributed by atoms with Crippen molar-refractivity contribution in [3.8, 4) is 6.19 Å². The first kappa shape index (κ1) is 10.5. The van der Waals surface area contributed by atoms with Crippen LogP contribution < -0.4 is 0 Å². The first-order chi connectivity index (χ1) is 7.31. The van der Waals surface area contributed by atoms with Gasteiger partial charge in [0.25, 0.3) is 0 Å². The van der Waals surface area contributed by atoms with E-state index in [1.54, 1.807) is 24.0 Å². The molecule has 1 atom stereocenters. The Morgan fingerprint density at radius 1 is 1.60 bits per heavy atom. The molecule has 76 valence electrons. The summed E-state index contributed by atoms with van der Waals surface area (Å²) in [5.74, 6) is 1.23. The minimum absolute atomic E-state index is 0.222. The van der Waals surface area contributed by atoms with E-state index in [-0.39, 0.29) is 5.92 Å². The highest BCUT2D eigenvalue weighted by Crippen LogP contribution is 2.35. The number of nitriles is 1. The van der Waals surface area contributed by atoms with Crippen LogP contribution >= 0.6 is 23.4 Å². The van der Waals surface area contributed by atoms with Crippen LogP contribution in [0.5, 0.6) is 0 Å². The number of aliphatic imine (C=N–C) groups is 1. The van der Waals surface area contributed by atoms with Crippen LogP contribution in [0.3, 0.4) is 0 Å². The molecule has 1 aliphatic heterocycles. The molecule has 2 rings (SSSR count). The minimum atomic E-state index is 0.222. The third kappa shape index (κ3) is 2.31. The summed E-state index contributed by atoms with van der Waals surface area (Å²) in [5.41, 5.74) is 1.08. The highest BCUT2D eigenvalue weighted by atomic mass is 35.5. The fourth-order valence-corrected chi connectivity index (χ4v) is 2.80. The molecule has 1 saturated heterocycles. The van der Waals surface area contributed by atoms with Gasteiger partial charge in [0.2, 0.25) is 6.19 Å². The molecule has 3 nitrogen and oxygen atoms in total. The van der Waals surface area contributed by atoms with Gasteiger partial charge >= 0.3 is 0 Å². The third-order valence-corrected chi connectivity index (χ3v) is 3.60. The first-order valence-corrected chi connectivity index (χ1v) is 5.88. The van der Waals surface area contributed by atoms with Crippen molar-refractivity contribution in [3.63, 3.8) is 0 Å². The average Bonchev–Trinajstić information content (AvgIpc) is 2.68. The van der Waals surface area contributed by atoms with Crippen LogP contribution in [0, 0.1) is 11.5 Å². The normalized spacial score (nSPS) is 22.9. The molecule has 2 heterocycles. The Kier molecular flexibility index (Phi) is 3.24. The van der Waals surface area contributed by atoms with Crippen molar-refractivity contribution >= 4 is 28.4 Å². The van der Waals surface area contributed by atoms with Crippen LogP contribution in [-0.4, -0.2) is 15.8 Å². The monoisotopic (exact) mass is 237 g/mol. The Hall–Kier alpha value is -1.05. The largest absolute Gasteiger partial charge is 0.244 e. The van der Waals surface area contributed by atoms with Crippen LogP contribution in [0.2, 0.25) is 5.15 Å². The highest BCUT2D eigenvalue weighted by Gasteiger charge is 2.25. The number of halogens is 1. The molecule has 1 fully saturated rings.